The molecule has 5 heteroatoms. The second-order valence-electron chi connectivity index (χ2n) is 6.91. The topological polar surface area (TPSA) is 51.2 Å². The van der Waals surface area contributed by atoms with E-state index in [0.717, 1.165) is 43.9 Å². The molecule has 3 aliphatic heterocycles. The molecule has 1 aliphatic carbocycles. The van der Waals surface area contributed by atoms with Gasteiger partial charge in [0, 0.05) is 12.5 Å². The summed E-state index contributed by atoms with van der Waals surface area (Å²) in [6, 6.07) is 4.19. The number of methoxy groups -OCH3 is 1. The van der Waals surface area contributed by atoms with Crippen LogP contribution in [0.1, 0.15) is 29.9 Å². The standard InChI is InChI=1S/C18H21NO4/c1-21-15-9-18-4-2-5-19(18)6-3-11-7-13-14(23-10-22-13)8-12(11)16(18)17(15)20/h7-9,16-17,20H,2-6,10H2,1H3/t16-,17?,18+/m0/s1. The van der Waals surface area contributed by atoms with Crippen molar-refractivity contribution in [2.45, 2.75) is 36.8 Å². The van der Waals surface area contributed by atoms with Crippen LogP contribution in [0.4, 0.5) is 0 Å². The number of rotatable bonds is 1. The Morgan fingerprint density at radius 1 is 1.26 bits per heavy atom. The van der Waals surface area contributed by atoms with Crippen LogP contribution in [-0.2, 0) is 11.2 Å². The molecule has 3 heterocycles. The maximum atomic E-state index is 11.0. The average Bonchev–Trinajstić information content (AvgIpc) is 3.21. The van der Waals surface area contributed by atoms with Crippen molar-refractivity contribution in [3.8, 4) is 11.5 Å². The highest BCUT2D eigenvalue weighted by Crippen LogP contribution is 2.54. The third-order valence-corrected chi connectivity index (χ3v) is 5.99. The lowest BCUT2D eigenvalue weighted by Crippen LogP contribution is -2.46. The summed E-state index contributed by atoms with van der Waals surface area (Å²) in [5.41, 5.74) is 2.33. The Morgan fingerprint density at radius 2 is 2.09 bits per heavy atom. The maximum absolute atomic E-state index is 11.0. The van der Waals surface area contributed by atoms with Crippen molar-refractivity contribution in [2.75, 3.05) is 27.0 Å². The Hall–Kier alpha value is -1.72. The van der Waals surface area contributed by atoms with Crippen molar-refractivity contribution in [2.24, 2.45) is 0 Å². The zero-order chi connectivity index (χ0) is 15.6. The SMILES string of the molecule is COC1=C[C@@]23CCCN2CCc2cc4c(cc2[C@H]3C1O)OCO4. The van der Waals surface area contributed by atoms with Crippen LogP contribution >= 0.6 is 0 Å². The van der Waals surface area contributed by atoms with Gasteiger partial charge in [-0.1, -0.05) is 0 Å². The Labute approximate surface area is 135 Å². The van der Waals surface area contributed by atoms with Crippen molar-refractivity contribution >= 4 is 0 Å². The van der Waals surface area contributed by atoms with Gasteiger partial charge in [-0.15, -0.1) is 0 Å². The average molecular weight is 315 g/mol. The molecule has 1 fully saturated rings. The summed E-state index contributed by atoms with van der Waals surface area (Å²) < 4.78 is 16.6. The number of benzene rings is 1. The molecule has 0 amide bonds. The number of fused-ring (bicyclic) bond motifs is 3. The Bertz CT molecular complexity index is 701. The fraction of sp³-hybridized carbons (Fsp3) is 0.556. The highest BCUT2D eigenvalue weighted by molar-refractivity contribution is 5.54. The molecular formula is C18H21NO4. The van der Waals surface area contributed by atoms with E-state index < -0.39 is 6.10 Å². The lowest BCUT2D eigenvalue weighted by atomic mass is 9.78. The van der Waals surface area contributed by atoms with E-state index in [2.05, 4.69) is 23.1 Å². The van der Waals surface area contributed by atoms with Gasteiger partial charge in [0.1, 0.15) is 11.9 Å². The molecule has 4 aliphatic rings. The number of ether oxygens (including phenoxy) is 3. The molecule has 122 valence electrons. The van der Waals surface area contributed by atoms with Gasteiger partial charge in [0.05, 0.1) is 12.6 Å². The van der Waals surface area contributed by atoms with Gasteiger partial charge in [-0.25, -0.2) is 0 Å². The summed E-state index contributed by atoms with van der Waals surface area (Å²) in [6.07, 6.45) is 4.78. The molecule has 1 saturated heterocycles. The van der Waals surface area contributed by atoms with Crippen LogP contribution < -0.4 is 9.47 Å². The Morgan fingerprint density at radius 3 is 2.91 bits per heavy atom. The molecule has 0 aromatic heterocycles. The molecule has 1 unspecified atom stereocenters. The normalized spacial score (nSPS) is 34.4. The molecule has 0 radical (unpaired) electrons. The van der Waals surface area contributed by atoms with Gasteiger partial charge in [-0.2, -0.15) is 0 Å². The van der Waals surface area contributed by atoms with E-state index >= 15 is 0 Å². The fourth-order valence-electron chi connectivity index (χ4n) is 4.99. The molecule has 5 nitrogen and oxygen atoms in total. The molecule has 23 heavy (non-hydrogen) atoms. The van der Waals surface area contributed by atoms with E-state index in [-0.39, 0.29) is 18.2 Å². The van der Waals surface area contributed by atoms with Crippen LogP contribution in [0.25, 0.3) is 0 Å². The first-order valence-electron chi connectivity index (χ1n) is 8.35. The monoisotopic (exact) mass is 315 g/mol. The van der Waals surface area contributed by atoms with E-state index in [1.54, 1.807) is 7.11 Å². The minimum Gasteiger partial charge on any atom is -0.499 e. The zero-order valence-electron chi connectivity index (χ0n) is 13.2. The van der Waals surface area contributed by atoms with E-state index in [4.69, 9.17) is 14.2 Å². The van der Waals surface area contributed by atoms with Gasteiger partial charge < -0.3 is 19.3 Å². The van der Waals surface area contributed by atoms with Crippen LogP contribution in [0.15, 0.2) is 24.0 Å². The second-order valence-corrected chi connectivity index (χ2v) is 6.91. The van der Waals surface area contributed by atoms with Gasteiger partial charge in [0.25, 0.3) is 0 Å². The van der Waals surface area contributed by atoms with Gasteiger partial charge >= 0.3 is 0 Å². The molecule has 5 rings (SSSR count). The van der Waals surface area contributed by atoms with Crippen LogP contribution in [-0.4, -0.2) is 48.6 Å². The molecule has 3 atom stereocenters. The van der Waals surface area contributed by atoms with Crippen molar-refractivity contribution in [3.05, 3.63) is 35.1 Å². The molecule has 1 aromatic carbocycles. The summed E-state index contributed by atoms with van der Waals surface area (Å²) in [5, 5.41) is 11.0. The van der Waals surface area contributed by atoms with E-state index in [1.807, 2.05) is 0 Å². The third-order valence-electron chi connectivity index (χ3n) is 5.99. The minimum absolute atomic E-state index is 0.00644. The zero-order valence-corrected chi connectivity index (χ0v) is 13.2. The molecule has 0 bridgehead atoms. The van der Waals surface area contributed by atoms with Crippen LogP contribution in [0.3, 0.4) is 0 Å². The summed E-state index contributed by atoms with van der Waals surface area (Å²) in [5.74, 6) is 2.33. The molecule has 1 N–H and O–H groups in total. The Balaban J connectivity index is 1.70. The van der Waals surface area contributed by atoms with Gasteiger partial charge in [-0.05, 0) is 55.1 Å². The quantitative estimate of drug-likeness (QED) is 0.856. The van der Waals surface area contributed by atoms with Crippen molar-refractivity contribution in [1.29, 1.82) is 0 Å². The van der Waals surface area contributed by atoms with E-state index in [0.29, 0.717) is 5.76 Å². The summed E-state index contributed by atoms with van der Waals surface area (Å²) in [4.78, 5) is 2.53. The highest BCUT2D eigenvalue weighted by Gasteiger charge is 2.56. The number of aliphatic hydroxyl groups is 1. The fourth-order valence-corrected chi connectivity index (χ4v) is 4.99. The molecule has 1 aromatic rings. The van der Waals surface area contributed by atoms with Gasteiger partial charge in [-0.3, -0.25) is 4.90 Å². The molecular weight excluding hydrogens is 294 g/mol. The number of aliphatic hydroxyl groups excluding tert-OH is 1. The molecule has 1 spiro atoms. The first-order valence-corrected chi connectivity index (χ1v) is 8.35. The van der Waals surface area contributed by atoms with Crippen LogP contribution in [0.5, 0.6) is 11.5 Å². The maximum Gasteiger partial charge on any atom is 0.231 e. The predicted octanol–water partition coefficient (Wildman–Crippen LogP) is 1.79. The predicted molar refractivity (Wildman–Crippen MR) is 83.6 cm³/mol. The first kappa shape index (κ1) is 13.7. The van der Waals surface area contributed by atoms with E-state index in [9.17, 15) is 5.11 Å². The van der Waals surface area contributed by atoms with Crippen LogP contribution in [0.2, 0.25) is 0 Å². The summed E-state index contributed by atoms with van der Waals surface area (Å²) >= 11 is 0. The lowest BCUT2D eigenvalue weighted by Gasteiger charge is -2.38. The number of hydrogen-bond acceptors (Lipinski definition) is 5. The Kier molecular flexibility index (Phi) is 2.77. The number of hydrogen-bond donors (Lipinski definition) is 1. The van der Waals surface area contributed by atoms with Crippen molar-refractivity contribution in [3.63, 3.8) is 0 Å². The van der Waals surface area contributed by atoms with Crippen molar-refractivity contribution in [1.82, 2.24) is 4.90 Å². The summed E-state index contributed by atoms with van der Waals surface area (Å²) in [7, 11) is 1.65. The lowest BCUT2D eigenvalue weighted by molar-refractivity contribution is 0.0782. The van der Waals surface area contributed by atoms with Crippen molar-refractivity contribution < 1.29 is 19.3 Å². The third kappa shape index (κ3) is 1.69. The summed E-state index contributed by atoms with van der Waals surface area (Å²) in [6.45, 7) is 2.37. The van der Waals surface area contributed by atoms with Gasteiger partial charge in [0.15, 0.2) is 11.5 Å². The van der Waals surface area contributed by atoms with Crippen LogP contribution in [0, 0.1) is 0 Å². The second kappa shape index (κ2) is 4.65. The van der Waals surface area contributed by atoms with Gasteiger partial charge in [0.2, 0.25) is 6.79 Å². The van der Waals surface area contributed by atoms with E-state index in [1.165, 1.54) is 11.1 Å². The minimum atomic E-state index is -0.599. The highest BCUT2D eigenvalue weighted by atomic mass is 16.7. The largest absolute Gasteiger partial charge is 0.499 e. The first-order chi connectivity index (χ1) is 11.2. The number of nitrogens with zero attached hydrogens (tertiary/aromatic N) is 1. The smallest absolute Gasteiger partial charge is 0.231 e. The molecule has 0 saturated carbocycles.